The van der Waals surface area contributed by atoms with Crippen molar-refractivity contribution in [3.05, 3.63) is 50.7 Å². The number of ether oxygens (including phenoxy) is 1. The lowest BCUT2D eigenvalue weighted by Gasteiger charge is -2.34. The minimum absolute atomic E-state index is 0.0116. The zero-order valence-corrected chi connectivity index (χ0v) is 17.5. The molecule has 0 spiro atoms. The van der Waals surface area contributed by atoms with E-state index in [1.807, 2.05) is 26.0 Å². The number of thiophene rings is 1. The van der Waals surface area contributed by atoms with Crippen molar-refractivity contribution in [2.45, 2.75) is 39.2 Å². The summed E-state index contributed by atoms with van der Waals surface area (Å²) in [7, 11) is 0. The van der Waals surface area contributed by atoms with Crippen LogP contribution in [0.2, 0.25) is 5.02 Å². The van der Waals surface area contributed by atoms with Gasteiger partial charge in [0.1, 0.15) is 5.75 Å². The standard InChI is InChI=1S/C21H27ClN2O2S/c1-15-11-17(12-16(2)21(15)22)26-14-20(25)23-13-18(19-7-6-10-27-19)24-8-4-3-5-9-24/h6-7,10-12,18H,3-5,8-9,13-14H2,1-2H3,(H,23,25)/t18-/m1/s1. The first-order valence-corrected chi connectivity index (χ1v) is 10.7. The molecule has 6 heteroatoms. The van der Waals surface area contributed by atoms with E-state index in [1.54, 1.807) is 11.3 Å². The number of aryl methyl sites for hydroxylation is 2. The molecule has 1 aromatic carbocycles. The number of benzene rings is 1. The summed E-state index contributed by atoms with van der Waals surface area (Å²) in [5, 5.41) is 5.90. The predicted molar refractivity (Wildman–Crippen MR) is 112 cm³/mol. The highest BCUT2D eigenvalue weighted by Gasteiger charge is 2.23. The molecule has 1 aromatic heterocycles. The molecule has 0 radical (unpaired) electrons. The van der Waals surface area contributed by atoms with Crippen LogP contribution in [-0.4, -0.2) is 37.0 Å². The van der Waals surface area contributed by atoms with Crippen LogP contribution in [0.25, 0.3) is 0 Å². The molecular weight excluding hydrogens is 380 g/mol. The number of likely N-dealkylation sites (tertiary alicyclic amines) is 1. The maximum Gasteiger partial charge on any atom is 0.258 e. The fourth-order valence-corrected chi connectivity index (χ4v) is 4.49. The molecule has 4 nitrogen and oxygen atoms in total. The summed E-state index contributed by atoms with van der Waals surface area (Å²) in [5.41, 5.74) is 1.91. The third-order valence-electron chi connectivity index (χ3n) is 4.98. The van der Waals surface area contributed by atoms with Crippen molar-refractivity contribution in [2.24, 2.45) is 0 Å². The topological polar surface area (TPSA) is 41.6 Å². The number of piperidine rings is 1. The smallest absolute Gasteiger partial charge is 0.258 e. The summed E-state index contributed by atoms with van der Waals surface area (Å²) in [6.07, 6.45) is 3.76. The molecule has 1 fully saturated rings. The van der Waals surface area contributed by atoms with Gasteiger partial charge in [-0.3, -0.25) is 9.69 Å². The number of halogens is 1. The number of carbonyl (C=O) groups excluding carboxylic acids is 1. The zero-order valence-electron chi connectivity index (χ0n) is 16.0. The van der Waals surface area contributed by atoms with Gasteiger partial charge in [-0.2, -0.15) is 0 Å². The van der Waals surface area contributed by atoms with Crippen LogP contribution in [0.4, 0.5) is 0 Å². The van der Waals surface area contributed by atoms with Gasteiger partial charge >= 0.3 is 0 Å². The van der Waals surface area contributed by atoms with E-state index in [4.69, 9.17) is 16.3 Å². The van der Waals surface area contributed by atoms with Crippen molar-refractivity contribution < 1.29 is 9.53 Å². The Morgan fingerprint density at radius 1 is 1.26 bits per heavy atom. The summed E-state index contributed by atoms with van der Waals surface area (Å²) in [6.45, 7) is 6.69. The van der Waals surface area contributed by atoms with E-state index in [0.717, 1.165) is 29.2 Å². The molecule has 1 N–H and O–H groups in total. The minimum Gasteiger partial charge on any atom is -0.484 e. The average Bonchev–Trinajstić information content (AvgIpc) is 3.20. The average molecular weight is 407 g/mol. The van der Waals surface area contributed by atoms with Crippen LogP contribution in [-0.2, 0) is 4.79 Å². The van der Waals surface area contributed by atoms with Gasteiger partial charge in [0, 0.05) is 16.4 Å². The Morgan fingerprint density at radius 3 is 2.59 bits per heavy atom. The molecule has 27 heavy (non-hydrogen) atoms. The van der Waals surface area contributed by atoms with Gasteiger partial charge in [-0.25, -0.2) is 0 Å². The van der Waals surface area contributed by atoms with E-state index in [-0.39, 0.29) is 18.6 Å². The van der Waals surface area contributed by atoms with E-state index in [1.165, 1.54) is 24.1 Å². The molecule has 3 rings (SSSR count). The van der Waals surface area contributed by atoms with Gasteiger partial charge in [-0.15, -0.1) is 11.3 Å². The first-order chi connectivity index (χ1) is 13.0. The van der Waals surface area contributed by atoms with E-state index < -0.39 is 0 Å². The third-order valence-corrected chi connectivity index (χ3v) is 6.55. The Bertz CT molecular complexity index is 735. The van der Waals surface area contributed by atoms with E-state index in [9.17, 15) is 4.79 Å². The fourth-order valence-electron chi connectivity index (χ4n) is 3.52. The highest BCUT2D eigenvalue weighted by atomic mass is 35.5. The largest absolute Gasteiger partial charge is 0.484 e. The fraction of sp³-hybridized carbons (Fsp3) is 0.476. The molecule has 2 heterocycles. The first-order valence-electron chi connectivity index (χ1n) is 9.48. The van der Waals surface area contributed by atoms with E-state index >= 15 is 0 Å². The molecular formula is C21H27ClN2O2S. The van der Waals surface area contributed by atoms with E-state index in [2.05, 4.69) is 27.7 Å². The zero-order chi connectivity index (χ0) is 19.2. The quantitative estimate of drug-likeness (QED) is 0.722. The normalized spacial score (nSPS) is 16.1. The van der Waals surface area contributed by atoms with E-state index in [0.29, 0.717) is 12.3 Å². The van der Waals surface area contributed by atoms with Crippen LogP contribution in [0.15, 0.2) is 29.6 Å². The summed E-state index contributed by atoms with van der Waals surface area (Å²) in [5.74, 6) is 0.578. The molecule has 0 saturated carbocycles. The van der Waals surface area contributed by atoms with Gasteiger partial charge < -0.3 is 10.1 Å². The van der Waals surface area contributed by atoms with Crippen molar-refractivity contribution >= 4 is 28.8 Å². The van der Waals surface area contributed by atoms with Gasteiger partial charge in [0.15, 0.2) is 6.61 Å². The molecule has 1 aliphatic rings. The van der Waals surface area contributed by atoms with Gasteiger partial charge in [0.05, 0.1) is 6.04 Å². The molecule has 1 atom stereocenters. The van der Waals surface area contributed by atoms with Gasteiger partial charge in [-0.05, 0) is 74.5 Å². The van der Waals surface area contributed by atoms with Crippen molar-refractivity contribution in [1.29, 1.82) is 0 Å². The monoisotopic (exact) mass is 406 g/mol. The number of amides is 1. The predicted octanol–water partition coefficient (Wildman–Crippen LogP) is 4.74. The molecule has 1 amide bonds. The molecule has 0 unspecified atom stereocenters. The number of hydrogen-bond donors (Lipinski definition) is 1. The van der Waals surface area contributed by atoms with Crippen molar-refractivity contribution in [3.8, 4) is 5.75 Å². The number of hydrogen-bond acceptors (Lipinski definition) is 4. The number of rotatable bonds is 7. The summed E-state index contributed by atoms with van der Waals surface area (Å²) in [6, 6.07) is 8.21. The molecule has 2 aromatic rings. The van der Waals surface area contributed by atoms with Crippen LogP contribution >= 0.6 is 22.9 Å². The second-order valence-corrected chi connectivity index (χ2v) is 8.45. The van der Waals surface area contributed by atoms with Crippen LogP contribution < -0.4 is 10.1 Å². The Morgan fingerprint density at radius 2 is 1.96 bits per heavy atom. The van der Waals surface area contributed by atoms with Gasteiger partial charge in [0.25, 0.3) is 5.91 Å². The highest BCUT2D eigenvalue weighted by Crippen LogP contribution is 2.28. The van der Waals surface area contributed by atoms with Crippen molar-refractivity contribution in [3.63, 3.8) is 0 Å². The van der Waals surface area contributed by atoms with Crippen LogP contribution in [0.3, 0.4) is 0 Å². The molecule has 0 aliphatic carbocycles. The molecule has 1 saturated heterocycles. The molecule has 0 bridgehead atoms. The van der Waals surface area contributed by atoms with Crippen LogP contribution in [0.1, 0.15) is 41.3 Å². The lowest BCUT2D eigenvalue weighted by Crippen LogP contribution is -2.41. The lowest BCUT2D eigenvalue weighted by molar-refractivity contribution is -0.123. The summed E-state index contributed by atoms with van der Waals surface area (Å²) < 4.78 is 5.67. The minimum atomic E-state index is -0.0983. The van der Waals surface area contributed by atoms with Gasteiger partial charge in [0.2, 0.25) is 0 Å². The second-order valence-electron chi connectivity index (χ2n) is 7.09. The summed E-state index contributed by atoms with van der Waals surface area (Å²) >= 11 is 7.94. The number of carbonyl (C=O) groups is 1. The van der Waals surface area contributed by atoms with Crippen molar-refractivity contribution in [1.82, 2.24) is 10.2 Å². The number of nitrogens with zero attached hydrogens (tertiary/aromatic N) is 1. The Labute approximate surface area is 170 Å². The Kier molecular flexibility index (Phi) is 7.16. The SMILES string of the molecule is Cc1cc(OCC(=O)NC[C@H](c2cccs2)N2CCCCC2)cc(C)c1Cl. The van der Waals surface area contributed by atoms with Crippen LogP contribution in [0.5, 0.6) is 5.75 Å². The third kappa shape index (κ3) is 5.47. The van der Waals surface area contributed by atoms with Crippen molar-refractivity contribution in [2.75, 3.05) is 26.2 Å². The highest BCUT2D eigenvalue weighted by molar-refractivity contribution is 7.10. The lowest BCUT2D eigenvalue weighted by atomic mass is 10.1. The molecule has 1 aliphatic heterocycles. The van der Waals surface area contributed by atoms with Gasteiger partial charge in [-0.1, -0.05) is 24.1 Å². The molecule has 146 valence electrons. The maximum absolute atomic E-state index is 12.3. The summed E-state index contributed by atoms with van der Waals surface area (Å²) in [4.78, 5) is 16.1. The second kappa shape index (κ2) is 9.58. The van der Waals surface area contributed by atoms with Crippen LogP contribution in [0, 0.1) is 13.8 Å². The number of nitrogens with one attached hydrogen (secondary N) is 1. The Balaban J connectivity index is 1.54. The first kappa shape index (κ1) is 20.2. The Hall–Kier alpha value is -1.56. The maximum atomic E-state index is 12.3.